The molecule has 0 saturated carbocycles. The average Bonchev–Trinajstić information content (AvgIpc) is 2.23. The first kappa shape index (κ1) is 10.7. The zero-order chi connectivity index (χ0) is 10.8. The highest BCUT2D eigenvalue weighted by Gasteiger charge is 2.15. The van der Waals surface area contributed by atoms with E-state index >= 15 is 0 Å². The molecule has 1 aliphatic rings. The first-order valence-corrected chi connectivity index (χ1v) is 5.97. The maximum atomic E-state index is 12.7. The number of allylic oxidation sites excluding steroid dienone is 2. The van der Waals surface area contributed by atoms with E-state index < -0.39 is 0 Å². The van der Waals surface area contributed by atoms with E-state index in [0.29, 0.717) is 3.92 Å². The Morgan fingerprint density at radius 2 is 2.00 bits per heavy atom. The molecule has 3 heteroatoms. The minimum Gasteiger partial charge on any atom is -0.358 e. The summed E-state index contributed by atoms with van der Waals surface area (Å²) in [4.78, 5) is 0. The van der Waals surface area contributed by atoms with E-state index in [1.807, 2.05) is 0 Å². The van der Waals surface area contributed by atoms with Crippen LogP contribution in [0.4, 0.5) is 4.39 Å². The van der Waals surface area contributed by atoms with Crippen LogP contribution in [0.2, 0.25) is 0 Å². The van der Waals surface area contributed by atoms with E-state index in [4.69, 9.17) is 0 Å². The van der Waals surface area contributed by atoms with E-state index in [1.165, 1.54) is 12.1 Å². The number of alkyl halides is 1. The predicted molar refractivity (Wildman–Crippen MR) is 69.1 cm³/mol. The van der Waals surface area contributed by atoms with Crippen molar-refractivity contribution in [3.8, 4) is 0 Å². The van der Waals surface area contributed by atoms with Crippen molar-refractivity contribution in [2.75, 3.05) is 0 Å². The molecule has 0 spiro atoms. The summed E-state index contributed by atoms with van der Waals surface area (Å²) < 4.78 is 13.2. The molecule has 1 N–H and O–H groups in total. The van der Waals surface area contributed by atoms with Crippen LogP contribution in [0.3, 0.4) is 0 Å². The highest BCUT2D eigenvalue weighted by molar-refractivity contribution is 14.1. The van der Waals surface area contributed by atoms with Gasteiger partial charge in [-0.2, -0.15) is 0 Å². The van der Waals surface area contributed by atoms with Gasteiger partial charge in [-0.25, -0.2) is 4.39 Å². The van der Waals surface area contributed by atoms with Crippen molar-refractivity contribution in [3.63, 3.8) is 0 Å². The predicted octanol–water partition coefficient (Wildman–Crippen LogP) is 3.48. The summed E-state index contributed by atoms with van der Waals surface area (Å²) in [6.07, 6.45) is 3.10. The summed E-state index contributed by atoms with van der Waals surface area (Å²) in [7, 11) is 0. The second kappa shape index (κ2) is 4.35. The second-order valence-electron chi connectivity index (χ2n) is 3.48. The topological polar surface area (TPSA) is 12.0 Å². The molecule has 1 atom stereocenters. The Morgan fingerprint density at radius 3 is 2.60 bits per heavy atom. The summed E-state index contributed by atoms with van der Waals surface area (Å²) in [5.74, 6) is -0.208. The first-order chi connectivity index (χ1) is 7.16. The maximum Gasteiger partial charge on any atom is 0.123 e. The molecule has 1 unspecified atom stereocenters. The van der Waals surface area contributed by atoms with Gasteiger partial charge in [0.05, 0.1) is 3.92 Å². The Balaban J connectivity index is 2.25. The molecule has 1 nitrogen and oxygen atoms in total. The molecule has 1 aromatic rings. The van der Waals surface area contributed by atoms with Crippen molar-refractivity contribution in [1.29, 1.82) is 0 Å². The highest BCUT2D eigenvalue weighted by Crippen LogP contribution is 2.25. The third-order valence-corrected chi connectivity index (χ3v) is 3.62. The Morgan fingerprint density at radius 1 is 1.33 bits per heavy atom. The number of rotatable bonds is 1. The van der Waals surface area contributed by atoms with Gasteiger partial charge in [-0.1, -0.05) is 47.4 Å². The van der Waals surface area contributed by atoms with Crippen molar-refractivity contribution in [2.24, 2.45) is 0 Å². The molecule has 2 rings (SSSR count). The smallest absolute Gasteiger partial charge is 0.123 e. The van der Waals surface area contributed by atoms with E-state index in [-0.39, 0.29) is 5.82 Å². The first-order valence-electron chi connectivity index (χ1n) is 4.73. The molecule has 1 aliphatic heterocycles. The monoisotopic (exact) mass is 315 g/mol. The Hall–Kier alpha value is -0.840. The fourth-order valence-corrected chi connectivity index (χ4v) is 1.90. The zero-order valence-corrected chi connectivity index (χ0v) is 10.3. The number of benzene rings is 1. The van der Waals surface area contributed by atoms with Gasteiger partial charge in [0.2, 0.25) is 0 Å². The van der Waals surface area contributed by atoms with Crippen LogP contribution in [0.5, 0.6) is 0 Å². The lowest BCUT2D eigenvalue weighted by molar-refractivity contribution is 0.627. The Labute approximate surface area is 102 Å². The lowest BCUT2D eigenvalue weighted by Gasteiger charge is -2.22. The molecule has 0 amide bonds. The summed E-state index contributed by atoms with van der Waals surface area (Å²) in [5.41, 5.74) is 3.03. The van der Waals surface area contributed by atoms with Crippen LogP contribution in [0.1, 0.15) is 12.0 Å². The summed E-state index contributed by atoms with van der Waals surface area (Å²) in [6.45, 7) is 3.95. The molecule has 1 aromatic carbocycles. The lowest BCUT2D eigenvalue weighted by atomic mass is 10.1. The fourth-order valence-electron chi connectivity index (χ4n) is 1.49. The molecular weight excluding hydrogens is 304 g/mol. The van der Waals surface area contributed by atoms with Gasteiger partial charge in [-0.05, 0) is 24.1 Å². The largest absolute Gasteiger partial charge is 0.358 e. The molecule has 0 fully saturated rings. The van der Waals surface area contributed by atoms with Crippen molar-refractivity contribution in [2.45, 2.75) is 10.3 Å². The van der Waals surface area contributed by atoms with Gasteiger partial charge in [-0.15, -0.1) is 0 Å². The number of hydrogen-bond donors (Lipinski definition) is 1. The van der Waals surface area contributed by atoms with Crippen LogP contribution in [0.25, 0.3) is 5.70 Å². The molecular formula is C12H11FIN. The summed E-state index contributed by atoms with van der Waals surface area (Å²) >= 11 is 2.35. The van der Waals surface area contributed by atoms with Crippen LogP contribution >= 0.6 is 22.6 Å². The van der Waals surface area contributed by atoms with Gasteiger partial charge in [0.1, 0.15) is 5.82 Å². The van der Waals surface area contributed by atoms with E-state index in [9.17, 15) is 4.39 Å². The van der Waals surface area contributed by atoms with Crippen molar-refractivity contribution in [1.82, 2.24) is 5.32 Å². The standard InChI is InChI=1S/C12H11FIN/c1-8-11(14)6-7-12(15-8)9-2-4-10(13)5-3-9/h2-5,7,11,15H,1,6H2. The van der Waals surface area contributed by atoms with Gasteiger partial charge in [0.15, 0.2) is 0 Å². The minimum atomic E-state index is -0.208. The van der Waals surface area contributed by atoms with Crippen LogP contribution < -0.4 is 5.32 Å². The van der Waals surface area contributed by atoms with E-state index in [1.54, 1.807) is 12.1 Å². The molecule has 78 valence electrons. The normalized spacial score (nSPS) is 20.8. The van der Waals surface area contributed by atoms with Crippen molar-refractivity contribution < 1.29 is 4.39 Å². The zero-order valence-electron chi connectivity index (χ0n) is 8.13. The number of nitrogens with one attached hydrogen (secondary N) is 1. The van der Waals surface area contributed by atoms with Crippen LogP contribution in [-0.4, -0.2) is 3.92 Å². The van der Waals surface area contributed by atoms with Gasteiger partial charge < -0.3 is 5.32 Å². The highest BCUT2D eigenvalue weighted by atomic mass is 127. The molecule has 0 aliphatic carbocycles. The van der Waals surface area contributed by atoms with E-state index in [2.05, 4.69) is 40.6 Å². The summed E-state index contributed by atoms with van der Waals surface area (Å²) in [5, 5.41) is 3.24. The molecule has 0 bridgehead atoms. The van der Waals surface area contributed by atoms with Crippen LogP contribution in [0.15, 0.2) is 42.6 Å². The molecule has 1 heterocycles. The fraction of sp³-hybridized carbons (Fsp3) is 0.167. The Bertz CT molecular complexity index is 408. The number of halogens is 2. The number of hydrogen-bond acceptors (Lipinski definition) is 1. The molecule has 0 aromatic heterocycles. The Kier molecular flexibility index (Phi) is 3.09. The van der Waals surface area contributed by atoms with Gasteiger partial charge in [-0.3, -0.25) is 0 Å². The van der Waals surface area contributed by atoms with Crippen LogP contribution in [0, 0.1) is 5.82 Å². The van der Waals surface area contributed by atoms with Gasteiger partial charge in [0.25, 0.3) is 0 Å². The van der Waals surface area contributed by atoms with Crippen LogP contribution in [-0.2, 0) is 0 Å². The second-order valence-corrected chi connectivity index (χ2v) is 4.98. The van der Waals surface area contributed by atoms with Gasteiger partial charge in [0, 0.05) is 11.4 Å². The van der Waals surface area contributed by atoms with Gasteiger partial charge >= 0.3 is 0 Å². The lowest BCUT2D eigenvalue weighted by Crippen LogP contribution is -2.22. The summed E-state index contributed by atoms with van der Waals surface area (Å²) in [6, 6.07) is 6.48. The molecule has 15 heavy (non-hydrogen) atoms. The minimum absolute atomic E-state index is 0.208. The maximum absolute atomic E-state index is 12.7. The van der Waals surface area contributed by atoms with E-state index in [0.717, 1.165) is 23.4 Å². The van der Waals surface area contributed by atoms with Crippen molar-refractivity contribution in [3.05, 3.63) is 54.0 Å². The SMILES string of the molecule is C=C1NC(c2ccc(F)cc2)=CCC1I. The molecule has 0 radical (unpaired) electrons. The molecule has 0 saturated heterocycles. The average molecular weight is 315 g/mol. The third-order valence-electron chi connectivity index (χ3n) is 2.36. The third kappa shape index (κ3) is 2.40. The quantitative estimate of drug-likeness (QED) is 0.618. The van der Waals surface area contributed by atoms with Crippen molar-refractivity contribution >= 4 is 28.3 Å².